The van der Waals surface area contributed by atoms with E-state index in [4.69, 9.17) is 4.74 Å². The molecule has 2 aliphatic carbocycles. The smallest absolute Gasteiger partial charge is 0.265 e. The molecule has 7 rings (SSSR count). The number of likely N-dealkylation sites (N-methyl/N-ethyl adjacent to an activating group) is 1. The number of hydrogen-bond acceptors (Lipinski definition) is 7. The molecule has 2 N–H and O–H groups in total. The van der Waals surface area contributed by atoms with Crippen LogP contribution in [0.3, 0.4) is 0 Å². The molecule has 6 fully saturated rings. The molecule has 0 radical (unpaired) electrons. The number of ether oxygens (including phenoxy) is 1. The molecule has 4 amide bonds. The summed E-state index contributed by atoms with van der Waals surface area (Å²) in [5.41, 5.74) is 0.192. The van der Waals surface area contributed by atoms with Crippen LogP contribution in [-0.4, -0.2) is 90.4 Å². The van der Waals surface area contributed by atoms with Gasteiger partial charge in [-0.25, -0.2) is 4.98 Å². The summed E-state index contributed by atoms with van der Waals surface area (Å²) in [5, 5.41) is 6.71. The standard InChI is InChI=1S/C30H43N5O5S/c1-16(2)27-32-17(3)24(41-27)29(39)34-11-21-25(36)33-22(26(37)31-4)23(40-12-18-8-6-5-7-9-18)19-10-20(19)28(38)35-14-30(21,13-34)15-35/h16,18-23H,5-15H2,1-4H3,(H,31,37)(H,33,36)/t19?,20-,21+,22+,23-/m1/s1. The van der Waals surface area contributed by atoms with Gasteiger partial charge in [0, 0.05) is 63.0 Å². The number of aromatic nitrogens is 1. The van der Waals surface area contributed by atoms with Gasteiger partial charge in [-0.05, 0) is 32.1 Å². The molecule has 2 saturated carbocycles. The summed E-state index contributed by atoms with van der Waals surface area (Å²) in [6.45, 7) is 8.07. The van der Waals surface area contributed by atoms with Crippen LogP contribution in [0.25, 0.3) is 0 Å². The van der Waals surface area contributed by atoms with Crippen LogP contribution in [0.2, 0.25) is 0 Å². The first-order valence-electron chi connectivity index (χ1n) is 15.3. The van der Waals surface area contributed by atoms with E-state index in [0.29, 0.717) is 49.2 Å². The molecule has 4 saturated heterocycles. The monoisotopic (exact) mass is 585 g/mol. The van der Waals surface area contributed by atoms with Gasteiger partial charge in [0.05, 0.1) is 22.7 Å². The van der Waals surface area contributed by atoms with E-state index < -0.39 is 23.5 Å². The van der Waals surface area contributed by atoms with Gasteiger partial charge in [-0.1, -0.05) is 33.1 Å². The lowest BCUT2D eigenvalue weighted by molar-refractivity contribution is -0.151. The maximum absolute atomic E-state index is 14.0. The summed E-state index contributed by atoms with van der Waals surface area (Å²) in [6.07, 6.45) is 5.94. The van der Waals surface area contributed by atoms with Gasteiger partial charge in [-0.3, -0.25) is 19.2 Å². The highest BCUT2D eigenvalue weighted by molar-refractivity contribution is 7.13. The Hall–Kier alpha value is -2.53. The Morgan fingerprint density at radius 2 is 1.90 bits per heavy atom. The largest absolute Gasteiger partial charge is 0.375 e. The van der Waals surface area contributed by atoms with Crippen molar-refractivity contribution in [3.05, 3.63) is 15.6 Å². The second kappa shape index (κ2) is 10.9. The lowest BCUT2D eigenvalue weighted by Crippen LogP contribution is -2.65. The number of thiazole rings is 1. The van der Waals surface area contributed by atoms with Gasteiger partial charge < -0.3 is 25.2 Å². The number of likely N-dealkylation sites (tertiary alicyclic amines) is 1. The number of carbonyl (C=O) groups is 4. The van der Waals surface area contributed by atoms with Crippen molar-refractivity contribution in [2.75, 3.05) is 39.8 Å². The van der Waals surface area contributed by atoms with E-state index in [9.17, 15) is 19.2 Å². The Morgan fingerprint density at radius 3 is 2.56 bits per heavy atom. The average molecular weight is 586 g/mol. The molecule has 11 heteroatoms. The van der Waals surface area contributed by atoms with E-state index in [1.807, 2.05) is 11.8 Å². The van der Waals surface area contributed by atoms with Gasteiger partial charge in [0.15, 0.2) is 0 Å². The van der Waals surface area contributed by atoms with E-state index in [0.717, 1.165) is 17.8 Å². The first-order chi connectivity index (χ1) is 19.6. The molecular weight excluding hydrogens is 542 g/mol. The number of amides is 4. The van der Waals surface area contributed by atoms with E-state index in [-0.39, 0.29) is 47.9 Å². The first kappa shape index (κ1) is 28.6. The van der Waals surface area contributed by atoms with Gasteiger partial charge in [-0.15, -0.1) is 11.3 Å². The third kappa shape index (κ3) is 5.17. The normalized spacial score (nSPS) is 33.4. The fraction of sp³-hybridized carbons (Fsp3) is 0.767. The van der Waals surface area contributed by atoms with Gasteiger partial charge in [0.2, 0.25) is 17.7 Å². The predicted octanol–water partition coefficient (Wildman–Crippen LogP) is 2.32. The maximum atomic E-state index is 14.0. The Balaban J connectivity index is 1.26. The molecule has 1 aromatic heterocycles. The lowest BCUT2D eigenvalue weighted by Gasteiger charge is -2.50. The van der Waals surface area contributed by atoms with Crippen molar-refractivity contribution in [3.8, 4) is 0 Å². The fourth-order valence-corrected chi connectivity index (χ4v) is 8.59. The van der Waals surface area contributed by atoms with Crippen LogP contribution < -0.4 is 10.6 Å². The van der Waals surface area contributed by atoms with Crippen molar-refractivity contribution in [2.45, 2.75) is 77.4 Å². The van der Waals surface area contributed by atoms with Crippen LogP contribution in [0, 0.1) is 36.0 Å². The fourth-order valence-electron chi connectivity index (χ4n) is 7.55. The number of carbonyl (C=O) groups excluding carboxylic acids is 4. The Bertz CT molecular complexity index is 1220. The number of hydrogen-bond donors (Lipinski definition) is 2. The highest BCUT2D eigenvalue weighted by Gasteiger charge is 2.63. The highest BCUT2D eigenvalue weighted by Crippen LogP contribution is 2.51. The minimum absolute atomic E-state index is 0.0836. The molecule has 5 atom stereocenters. The summed E-state index contributed by atoms with van der Waals surface area (Å²) >= 11 is 1.42. The minimum atomic E-state index is -0.886. The topological polar surface area (TPSA) is 121 Å². The molecule has 0 aromatic carbocycles. The molecule has 1 spiro atoms. The molecule has 224 valence electrons. The first-order valence-corrected chi connectivity index (χ1v) is 16.1. The molecular formula is C30H43N5O5S. The van der Waals surface area contributed by atoms with Gasteiger partial charge in [0.25, 0.3) is 5.91 Å². The van der Waals surface area contributed by atoms with Crippen LogP contribution in [0.4, 0.5) is 0 Å². The van der Waals surface area contributed by atoms with Crippen LogP contribution in [0.15, 0.2) is 0 Å². The minimum Gasteiger partial charge on any atom is -0.375 e. The van der Waals surface area contributed by atoms with Crippen molar-refractivity contribution in [2.24, 2.45) is 29.1 Å². The van der Waals surface area contributed by atoms with Crippen LogP contribution in [0.5, 0.6) is 0 Å². The Kier molecular flexibility index (Phi) is 7.63. The molecule has 4 aliphatic heterocycles. The van der Waals surface area contributed by atoms with Gasteiger partial charge in [-0.2, -0.15) is 0 Å². The molecule has 6 aliphatic rings. The number of nitrogens with one attached hydrogen (secondary N) is 2. The van der Waals surface area contributed by atoms with Crippen LogP contribution in [0.1, 0.15) is 78.7 Å². The quantitative estimate of drug-likeness (QED) is 0.529. The summed E-state index contributed by atoms with van der Waals surface area (Å²) in [7, 11) is 1.57. The Morgan fingerprint density at radius 1 is 1.17 bits per heavy atom. The number of nitrogens with zero attached hydrogens (tertiary/aromatic N) is 3. The van der Waals surface area contributed by atoms with Crippen molar-refractivity contribution in [1.29, 1.82) is 0 Å². The lowest BCUT2D eigenvalue weighted by atomic mass is 9.71. The van der Waals surface area contributed by atoms with Crippen molar-refractivity contribution in [3.63, 3.8) is 0 Å². The van der Waals surface area contributed by atoms with E-state index in [1.54, 1.807) is 11.9 Å². The summed E-state index contributed by atoms with van der Waals surface area (Å²) in [6, 6.07) is -0.886. The Labute approximate surface area is 245 Å². The second-order valence-corrected chi connectivity index (χ2v) is 14.4. The number of fused-ring (bicyclic) bond motifs is 3. The summed E-state index contributed by atoms with van der Waals surface area (Å²) < 4.78 is 6.48. The van der Waals surface area contributed by atoms with Crippen molar-refractivity contribution in [1.82, 2.24) is 25.4 Å². The van der Waals surface area contributed by atoms with Gasteiger partial charge in [0.1, 0.15) is 10.9 Å². The number of rotatable bonds is 6. The van der Waals surface area contributed by atoms with Crippen LogP contribution >= 0.6 is 11.3 Å². The molecule has 41 heavy (non-hydrogen) atoms. The third-order valence-corrected chi connectivity index (χ3v) is 11.5. The zero-order valence-corrected chi connectivity index (χ0v) is 25.4. The van der Waals surface area contributed by atoms with E-state index in [1.165, 1.54) is 30.6 Å². The average Bonchev–Trinajstić information content (AvgIpc) is 3.46. The van der Waals surface area contributed by atoms with Crippen LogP contribution in [-0.2, 0) is 19.1 Å². The molecule has 5 heterocycles. The molecule has 1 unspecified atom stereocenters. The molecule has 1 aromatic rings. The second-order valence-electron chi connectivity index (χ2n) is 13.3. The zero-order valence-electron chi connectivity index (χ0n) is 24.6. The van der Waals surface area contributed by atoms with Crippen molar-refractivity contribution >= 4 is 35.0 Å². The SMILES string of the molecule is CNC(=O)[C@H]1NC(=O)[C@@H]2CN(C(=O)c3sc(C(C)C)nc3C)CC23CN(C3)C(=O)[C@@H]2CC2[C@H]1OCC1CCCCC1. The summed E-state index contributed by atoms with van der Waals surface area (Å²) in [5.74, 6) is -0.721. The van der Waals surface area contributed by atoms with Crippen molar-refractivity contribution < 1.29 is 23.9 Å². The number of aryl methyl sites for hydroxylation is 1. The molecule has 2 bridgehead atoms. The highest BCUT2D eigenvalue weighted by atomic mass is 32.1. The zero-order chi connectivity index (χ0) is 29.1. The third-order valence-electron chi connectivity index (χ3n) is 10.1. The van der Waals surface area contributed by atoms with Gasteiger partial charge >= 0.3 is 0 Å². The predicted molar refractivity (Wildman–Crippen MR) is 153 cm³/mol. The van der Waals surface area contributed by atoms with E-state index in [2.05, 4.69) is 29.5 Å². The maximum Gasteiger partial charge on any atom is 0.265 e. The summed E-state index contributed by atoms with van der Waals surface area (Å²) in [4.78, 5) is 63.3. The molecule has 10 nitrogen and oxygen atoms in total. The van der Waals surface area contributed by atoms with E-state index >= 15 is 0 Å².